The molecule has 1 N–H and O–H groups in total. The highest BCUT2D eigenvalue weighted by molar-refractivity contribution is 7.90. The lowest BCUT2D eigenvalue weighted by Crippen LogP contribution is -2.24. The van der Waals surface area contributed by atoms with Gasteiger partial charge in [-0.05, 0) is 17.7 Å². The molecule has 2 aromatic rings. The highest BCUT2D eigenvalue weighted by atomic mass is 35.5. The van der Waals surface area contributed by atoms with Gasteiger partial charge in [0.15, 0.2) is 9.84 Å². The molecule has 8 heteroatoms. The maximum Gasteiger partial charge on any atom is 0.271 e. The molecule has 0 unspecified atom stereocenters. The van der Waals surface area contributed by atoms with Gasteiger partial charge in [-0.15, -0.1) is 0 Å². The Morgan fingerprint density at radius 2 is 1.90 bits per heavy atom. The van der Waals surface area contributed by atoms with Crippen LogP contribution in [0.25, 0.3) is 0 Å². The van der Waals surface area contributed by atoms with Crippen molar-refractivity contribution in [3.05, 3.63) is 53.1 Å². The van der Waals surface area contributed by atoms with E-state index in [1.54, 1.807) is 12.1 Å². The van der Waals surface area contributed by atoms with Crippen molar-refractivity contribution in [1.82, 2.24) is 15.3 Å². The molecule has 0 radical (unpaired) electrons. The van der Waals surface area contributed by atoms with Crippen molar-refractivity contribution in [2.45, 2.75) is 11.4 Å². The van der Waals surface area contributed by atoms with Crippen molar-refractivity contribution >= 4 is 27.3 Å². The van der Waals surface area contributed by atoms with E-state index in [0.717, 1.165) is 11.8 Å². The second kappa shape index (κ2) is 6.19. The van der Waals surface area contributed by atoms with Crippen LogP contribution in [-0.4, -0.2) is 30.5 Å². The number of carbonyl (C=O) groups excluding carboxylic acids is 1. The van der Waals surface area contributed by atoms with Crippen molar-refractivity contribution in [1.29, 1.82) is 0 Å². The number of aromatic nitrogens is 2. The predicted molar refractivity (Wildman–Crippen MR) is 77.8 cm³/mol. The first kappa shape index (κ1) is 15.4. The summed E-state index contributed by atoms with van der Waals surface area (Å²) in [4.78, 5) is 19.7. The van der Waals surface area contributed by atoms with Crippen LogP contribution < -0.4 is 5.32 Å². The van der Waals surface area contributed by atoms with E-state index >= 15 is 0 Å². The molecule has 2 rings (SSSR count). The van der Waals surface area contributed by atoms with Gasteiger partial charge in [0, 0.05) is 12.8 Å². The summed E-state index contributed by atoms with van der Waals surface area (Å²) in [5.41, 5.74) is 0.890. The van der Waals surface area contributed by atoms with E-state index in [0.29, 0.717) is 0 Å². The lowest BCUT2D eigenvalue weighted by Gasteiger charge is -2.05. The zero-order chi connectivity index (χ0) is 15.5. The number of halogens is 1. The van der Waals surface area contributed by atoms with Gasteiger partial charge in [0.2, 0.25) is 0 Å². The molecule has 0 bridgehead atoms. The molecule has 0 fully saturated rings. The van der Waals surface area contributed by atoms with Crippen molar-refractivity contribution < 1.29 is 13.2 Å². The summed E-state index contributed by atoms with van der Waals surface area (Å²) in [6, 6.07) is 6.27. The summed E-state index contributed by atoms with van der Waals surface area (Å²) in [5, 5.41) is 2.79. The molecule has 110 valence electrons. The van der Waals surface area contributed by atoms with Gasteiger partial charge in [-0.2, -0.15) is 0 Å². The first-order valence-corrected chi connectivity index (χ1v) is 8.18. The van der Waals surface area contributed by atoms with Crippen LogP contribution in [0.1, 0.15) is 16.1 Å². The van der Waals surface area contributed by atoms with Gasteiger partial charge in [-0.3, -0.25) is 9.78 Å². The zero-order valence-corrected chi connectivity index (χ0v) is 12.6. The maximum absolute atomic E-state index is 11.8. The zero-order valence-electron chi connectivity index (χ0n) is 11.1. The maximum atomic E-state index is 11.8. The topological polar surface area (TPSA) is 89.0 Å². The minimum absolute atomic E-state index is 0.121. The van der Waals surface area contributed by atoms with Crippen LogP contribution in [0.15, 0.2) is 41.6 Å². The smallest absolute Gasteiger partial charge is 0.271 e. The molecule has 0 aliphatic carbocycles. The summed E-state index contributed by atoms with van der Waals surface area (Å²) < 4.78 is 22.7. The fraction of sp³-hybridized carbons (Fsp3) is 0.154. The average Bonchev–Trinajstić information content (AvgIpc) is 2.44. The van der Waals surface area contributed by atoms with E-state index in [4.69, 9.17) is 11.6 Å². The van der Waals surface area contributed by atoms with Gasteiger partial charge < -0.3 is 5.32 Å². The second-order valence-electron chi connectivity index (χ2n) is 4.33. The quantitative estimate of drug-likeness (QED) is 0.919. The van der Waals surface area contributed by atoms with Crippen LogP contribution in [0.2, 0.25) is 5.15 Å². The molecular weight excluding hydrogens is 314 g/mol. The number of hydrogen-bond acceptors (Lipinski definition) is 5. The standard InChI is InChI=1S/C13H12ClN3O3S/c1-21(19,20)10-4-2-9(3-5-10)6-16-13(18)11-7-15-8-12(14)17-11/h2-5,7-8H,6H2,1H3,(H,16,18). The molecule has 0 saturated carbocycles. The normalized spacial score (nSPS) is 11.1. The van der Waals surface area contributed by atoms with Gasteiger partial charge in [0.05, 0.1) is 17.3 Å². The first-order valence-electron chi connectivity index (χ1n) is 5.91. The number of carbonyl (C=O) groups is 1. The monoisotopic (exact) mass is 325 g/mol. The molecule has 0 saturated heterocycles. The van der Waals surface area contributed by atoms with Crippen LogP contribution in [0.3, 0.4) is 0 Å². The first-order chi connectivity index (χ1) is 9.86. The van der Waals surface area contributed by atoms with Gasteiger partial charge in [0.1, 0.15) is 10.8 Å². The SMILES string of the molecule is CS(=O)(=O)c1ccc(CNC(=O)c2cncc(Cl)n2)cc1. The number of rotatable bonds is 4. The van der Waals surface area contributed by atoms with E-state index in [-0.39, 0.29) is 22.3 Å². The Hall–Kier alpha value is -1.99. The number of sulfone groups is 1. The molecule has 0 spiro atoms. The molecule has 0 aliphatic heterocycles. The molecular formula is C13H12ClN3O3S. The Bertz CT molecular complexity index is 760. The van der Waals surface area contributed by atoms with E-state index in [1.807, 2.05) is 0 Å². The van der Waals surface area contributed by atoms with E-state index in [1.165, 1.54) is 24.5 Å². The fourth-order valence-electron chi connectivity index (χ4n) is 1.58. The number of hydrogen-bond donors (Lipinski definition) is 1. The number of amides is 1. The highest BCUT2D eigenvalue weighted by Gasteiger charge is 2.09. The van der Waals surface area contributed by atoms with Crippen molar-refractivity contribution in [3.8, 4) is 0 Å². The Labute approximate surface area is 127 Å². The van der Waals surface area contributed by atoms with Crippen molar-refractivity contribution in [2.24, 2.45) is 0 Å². The molecule has 6 nitrogen and oxygen atoms in total. The van der Waals surface area contributed by atoms with Crippen LogP contribution in [0.4, 0.5) is 0 Å². The molecule has 0 aliphatic rings. The molecule has 0 atom stereocenters. The fourth-order valence-corrected chi connectivity index (χ4v) is 2.36. The molecule has 1 aromatic heterocycles. The van der Waals surface area contributed by atoms with Gasteiger partial charge in [-0.25, -0.2) is 13.4 Å². The van der Waals surface area contributed by atoms with Crippen LogP contribution in [-0.2, 0) is 16.4 Å². The van der Waals surface area contributed by atoms with Gasteiger partial charge >= 0.3 is 0 Å². The minimum atomic E-state index is -3.22. The highest BCUT2D eigenvalue weighted by Crippen LogP contribution is 2.10. The second-order valence-corrected chi connectivity index (χ2v) is 6.73. The Balaban J connectivity index is 2.02. The Morgan fingerprint density at radius 3 is 2.48 bits per heavy atom. The number of nitrogens with zero attached hydrogens (tertiary/aromatic N) is 2. The van der Waals surface area contributed by atoms with Crippen LogP contribution >= 0.6 is 11.6 Å². The predicted octanol–water partition coefficient (Wildman–Crippen LogP) is 1.46. The summed E-state index contributed by atoms with van der Waals surface area (Å²) in [6.45, 7) is 0.247. The summed E-state index contributed by atoms with van der Waals surface area (Å²) in [5.74, 6) is -0.405. The third-order valence-electron chi connectivity index (χ3n) is 2.64. The van der Waals surface area contributed by atoms with E-state index < -0.39 is 15.7 Å². The third kappa shape index (κ3) is 4.24. The molecule has 21 heavy (non-hydrogen) atoms. The largest absolute Gasteiger partial charge is 0.347 e. The van der Waals surface area contributed by atoms with Crippen LogP contribution in [0.5, 0.6) is 0 Å². The summed E-state index contributed by atoms with van der Waals surface area (Å²) in [7, 11) is -3.22. The molecule has 1 aromatic carbocycles. The third-order valence-corrected chi connectivity index (χ3v) is 3.95. The number of benzene rings is 1. The average molecular weight is 326 g/mol. The molecule has 1 amide bonds. The van der Waals surface area contributed by atoms with Gasteiger partial charge in [-0.1, -0.05) is 23.7 Å². The summed E-state index contributed by atoms with van der Waals surface area (Å²) in [6.07, 6.45) is 3.79. The number of nitrogens with one attached hydrogen (secondary N) is 1. The van der Waals surface area contributed by atoms with Crippen LogP contribution in [0, 0.1) is 0 Å². The lowest BCUT2D eigenvalue weighted by atomic mass is 10.2. The Morgan fingerprint density at radius 1 is 1.24 bits per heavy atom. The summed E-state index contributed by atoms with van der Waals surface area (Å²) >= 11 is 5.66. The lowest BCUT2D eigenvalue weighted by molar-refractivity contribution is 0.0945. The minimum Gasteiger partial charge on any atom is -0.347 e. The Kier molecular flexibility index (Phi) is 4.54. The van der Waals surface area contributed by atoms with Crippen molar-refractivity contribution in [3.63, 3.8) is 0 Å². The molecule has 1 heterocycles. The van der Waals surface area contributed by atoms with E-state index in [9.17, 15) is 13.2 Å². The van der Waals surface area contributed by atoms with Gasteiger partial charge in [0.25, 0.3) is 5.91 Å². The van der Waals surface area contributed by atoms with E-state index in [2.05, 4.69) is 15.3 Å². The van der Waals surface area contributed by atoms with Crippen molar-refractivity contribution in [2.75, 3.05) is 6.26 Å².